The fourth-order valence-corrected chi connectivity index (χ4v) is 10.8. The molecule has 5 nitrogen and oxygen atoms in total. The fraction of sp³-hybridized carbons (Fsp3) is 0.704. The Hall–Kier alpha value is -1.18. The number of rotatable bonds is 13. The maximum Gasteiger partial charge on any atom is 0.200 e. The maximum absolute atomic E-state index is 10.1. The van der Waals surface area contributed by atoms with Gasteiger partial charge in [-0.1, -0.05) is 59.8 Å². The Morgan fingerprint density at radius 2 is 1.70 bits per heavy atom. The van der Waals surface area contributed by atoms with Gasteiger partial charge >= 0.3 is 0 Å². The predicted octanol–water partition coefficient (Wildman–Crippen LogP) is 6.12. The van der Waals surface area contributed by atoms with Gasteiger partial charge in [0.1, 0.15) is 5.75 Å². The molecule has 0 saturated carbocycles. The highest BCUT2D eigenvalue weighted by molar-refractivity contribution is 6.77. The van der Waals surface area contributed by atoms with E-state index in [2.05, 4.69) is 47.6 Å². The zero-order valence-corrected chi connectivity index (χ0v) is 22.8. The van der Waals surface area contributed by atoms with Crippen LogP contribution in [0.3, 0.4) is 0 Å². The largest absolute Gasteiger partial charge is 0.497 e. The topological polar surface area (TPSA) is 57.2 Å². The maximum atomic E-state index is 10.1. The van der Waals surface area contributed by atoms with Crippen molar-refractivity contribution in [3.8, 4) is 5.75 Å². The third kappa shape index (κ3) is 7.66. The van der Waals surface area contributed by atoms with E-state index in [-0.39, 0.29) is 18.6 Å². The molecule has 1 heterocycles. The molecular weight excluding hydrogens is 432 g/mol. The monoisotopic (exact) mass is 478 g/mol. The number of hydrogen-bond acceptors (Lipinski definition) is 5. The summed E-state index contributed by atoms with van der Waals surface area (Å²) in [5.74, 6) is 0.882. The molecule has 6 heteroatoms. The zero-order valence-electron chi connectivity index (χ0n) is 21.8. The van der Waals surface area contributed by atoms with E-state index in [1.807, 2.05) is 24.3 Å². The molecule has 1 aliphatic rings. The van der Waals surface area contributed by atoms with Gasteiger partial charge in [-0.15, -0.1) is 0 Å². The molecule has 1 N–H and O–H groups in total. The highest BCUT2D eigenvalue weighted by Gasteiger charge is 2.45. The predicted molar refractivity (Wildman–Crippen MR) is 137 cm³/mol. The molecular formula is C27H46O5Si. The summed E-state index contributed by atoms with van der Waals surface area (Å²) in [4.78, 5) is 0. The second-order valence-electron chi connectivity index (χ2n) is 10.2. The van der Waals surface area contributed by atoms with E-state index in [0.717, 1.165) is 24.2 Å². The molecule has 0 unspecified atom stereocenters. The van der Waals surface area contributed by atoms with Crippen LogP contribution < -0.4 is 4.74 Å². The summed E-state index contributed by atoms with van der Waals surface area (Å²) < 4.78 is 23.9. The molecule has 1 saturated heterocycles. The van der Waals surface area contributed by atoms with Crippen molar-refractivity contribution in [2.24, 2.45) is 5.92 Å². The molecule has 2 rings (SSSR count). The van der Waals surface area contributed by atoms with Crippen LogP contribution in [0.5, 0.6) is 5.75 Å². The van der Waals surface area contributed by atoms with Crippen molar-refractivity contribution in [2.75, 3.05) is 33.5 Å². The van der Waals surface area contributed by atoms with Crippen LogP contribution in [0, 0.1) is 5.92 Å². The Labute approximate surface area is 202 Å². The van der Waals surface area contributed by atoms with Crippen molar-refractivity contribution in [2.45, 2.75) is 83.7 Å². The molecule has 33 heavy (non-hydrogen) atoms. The third-order valence-corrected chi connectivity index (χ3v) is 13.2. The van der Waals surface area contributed by atoms with Gasteiger partial charge in [-0.05, 0) is 52.7 Å². The van der Waals surface area contributed by atoms with Crippen molar-refractivity contribution in [1.29, 1.82) is 0 Å². The first-order chi connectivity index (χ1) is 15.7. The lowest BCUT2D eigenvalue weighted by atomic mass is 9.95. The molecule has 0 aliphatic carbocycles. The van der Waals surface area contributed by atoms with E-state index in [1.54, 1.807) is 7.11 Å². The standard InChI is InChI=1S/C27H46O5Si/c1-20(2)33(21(3)4,22(5)6)32-19-25(16-28)27-13-10-24(18-31-27)14-15-30-17-23-8-11-26(29-7)12-9-23/h8-9,11-12,14,20-22,25,27-28H,10,13,15-19H2,1-7H3/b24-14-/t25-,27+/m0/s1. The number of ether oxygens (including phenoxy) is 3. The highest BCUT2D eigenvalue weighted by atomic mass is 28.4. The van der Waals surface area contributed by atoms with Crippen LogP contribution in [0.1, 0.15) is 59.9 Å². The smallest absolute Gasteiger partial charge is 0.200 e. The zero-order chi connectivity index (χ0) is 24.4. The Morgan fingerprint density at radius 1 is 1.06 bits per heavy atom. The molecule has 0 radical (unpaired) electrons. The lowest BCUT2D eigenvalue weighted by Crippen LogP contribution is -2.49. The first-order valence-corrected chi connectivity index (χ1v) is 14.6. The van der Waals surface area contributed by atoms with E-state index in [9.17, 15) is 5.11 Å². The van der Waals surface area contributed by atoms with E-state index in [4.69, 9.17) is 18.6 Å². The molecule has 2 atom stereocenters. The number of methoxy groups -OCH3 is 1. The molecule has 1 aliphatic heterocycles. The van der Waals surface area contributed by atoms with E-state index in [1.165, 1.54) is 5.57 Å². The molecule has 1 aromatic carbocycles. The number of benzene rings is 1. The lowest BCUT2D eigenvalue weighted by molar-refractivity contribution is -0.0331. The molecule has 1 aromatic rings. The number of hydrogen-bond donors (Lipinski definition) is 1. The van der Waals surface area contributed by atoms with Crippen LogP contribution >= 0.6 is 0 Å². The summed E-state index contributed by atoms with van der Waals surface area (Å²) in [5, 5.41) is 10.1. The van der Waals surface area contributed by atoms with Gasteiger partial charge in [0.25, 0.3) is 0 Å². The normalized spacial score (nSPS) is 19.6. The Morgan fingerprint density at radius 3 is 2.18 bits per heavy atom. The number of aliphatic hydroxyl groups excluding tert-OH is 1. The minimum Gasteiger partial charge on any atom is -0.497 e. The summed E-state index contributed by atoms with van der Waals surface area (Å²) in [6.07, 6.45) is 4.08. The van der Waals surface area contributed by atoms with Crippen LogP contribution in [0.25, 0.3) is 0 Å². The molecule has 0 bridgehead atoms. The van der Waals surface area contributed by atoms with Gasteiger partial charge in [0, 0.05) is 12.5 Å². The van der Waals surface area contributed by atoms with E-state index >= 15 is 0 Å². The van der Waals surface area contributed by atoms with Crippen molar-refractivity contribution in [3.05, 3.63) is 41.5 Å². The summed E-state index contributed by atoms with van der Waals surface area (Å²) in [6, 6.07) is 7.94. The van der Waals surface area contributed by atoms with Gasteiger partial charge in [0.2, 0.25) is 0 Å². The molecule has 1 fully saturated rings. The van der Waals surface area contributed by atoms with Crippen LogP contribution in [0.15, 0.2) is 35.9 Å². The summed E-state index contributed by atoms with van der Waals surface area (Å²) >= 11 is 0. The molecule has 0 aromatic heterocycles. The molecule has 188 valence electrons. The average molecular weight is 479 g/mol. The van der Waals surface area contributed by atoms with Gasteiger partial charge < -0.3 is 23.7 Å². The van der Waals surface area contributed by atoms with Gasteiger partial charge in [-0.2, -0.15) is 0 Å². The van der Waals surface area contributed by atoms with Crippen LogP contribution in [0.4, 0.5) is 0 Å². The molecule has 0 amide bonds. The van der Waals surface area contributed by atoms with E-state index in [0.29, 0.717) is 43.1 Å². The summed E-state index contributed by atoms with van der Waals surface area (Å²) in [6.45, 7) is 16.2. The fourth-order valence-electron chi connectivity index (χ4n) is 5.33. The third-order valence-electron chi connectivity index (χ3n) is 7.17. The van der Waals surface area contributed by atoms with Gasteiger partial charge in [0.15, 0.2) is 8.32 Å². The second-order valence-corrected chi connectivity index (χ2v) is 15.6. The highest BCUT2D eigenvalue weighted by Crippen LogP contribution is 2.42. The SMILES string of the molecule is COc1ccc(COC/C=C2/CC[C@H]([C@@H](CO)CO[Si](C(C)C)(C(C)C)C(C)C)OC2)cc1. The van der Waals surface area contributed by atoms with E-state index < -0.39 is 8.32 Å². The first-order valence-electron chi connectivity index (χ1n) is 12.5. The van der Waals surface area contributed by atoms with Crippen LogP contribution in [-0.4, -0.2) is 53.1 Å². The van der Waals surface area contributed by atoms with Gasteiger partial charge in [-0.3, -0.25) is 0 Å². The second kappa shape index (κ2) is 13.6. The average Bonchev–Trinajstić information content (AvgIpc) is 2.80. The Balaban J connectivity index is 1.81. The van der Waals surface area contributed by atoms with Crippen molar-refractivity contribution in [3.63, 3.8) is 0 Å². The van der Waals surface area contributed by atoms with Gasteiger partial charge in [-0.25, -0.2) is 0 Å². The lowest BCUT2D eigenvalue weighted by Gasteiger charge is -2.43. The quantitative estimate of drug-likeness (QED) is 0.210. The van der Waals surface area contributed by atoms with Crippen molar-refractivity contribution >= 4 is 8.32 Å². The van der Waals surface area contributed by atoms with Crippen molar-refractivity contribution in [1.82, 2.24) is 0 Å². The Bertz CT molecular complexity index is 682. The van der Waals surface area contributed by atoms with Crippen molar-refractivity contribution < 1.29 is 23.7 Å². The first kappa shape index (κ1) is 28.1. The summed E-state index contributed by atoms with van der Waals surface area (Å²) in [5.41, 5.74) is 4.02. The summed E-state index contributed by atoms with van der Waals surface area (Å²) in [7, 11) is -0.272. The van der Waals surface area contributed by atoms with Gasteiger partial charge in [0.05, 0.1) is 39.6 Å². The minimum atomic E-state index is -1.94. The number of aliphatic hydroxyl groups is 1. The van der Waals surface area contributed by atoms with Crippen LogP contribution in [-0.2, 0) is 20.5 Å². The van der Waals surface area contributed by atoms with Crippen LogP contribution in [0.2, 0.25) is 16.6 Å². The molecule has 0 spiro atoms. The minimum absolute atomic E-state index is 0.0287. The Kier molecular flexibility index (Phi) is 11.6.